The van der Waals surface area contributed by atoms with E-state index in [-0.39, 0.29) is 16.5 Å². The van der Waals surface area contributed by atoms with Gasteiger partial charge in [0, 0.05) is 11.5 Å². The van der Waals surface area contributed by atoms with Gasteiger partial charge in [-0.2, -0.15) is 4.98 Å². The normalized spacial score (nSPS) is 19.2. The molecule has 4 rings (SSSR count). The second-order valence-electron chi connectivity index (χ2n) is 6.96. The summed E-state index contributed by atoms with van der Waals surface area (Å²) in [6.45, 7) is 0. The summed E-state index contributed by atoms with van der Waals surface area (Å²) in [7, 11) is 0. The lowest BCUT2D eigenvalue weighted by Crippen LogP contribution is -2.34. The summed E-state index contributed by atoms with van der Waals surface area (Å²) >= 11 is 6.22. The molecule has 1 fully saturated rings. The fourth-order valence-corrected chi connectivity index (χ4v) is 3.75. The first-order chi connectivity index (χ1) is 13.7. The number of alkyl halides is 3. The molecule has 0 aliphatic heterocycles. The molecule has 1 aliphatic rings. The number of hydrogen-bond acceptors (Lipinski definition) is 4. The molecule has 0 saturated heterocycles. The van der Waals surface area contributed by atoms with Gasteiger partial charge in [0.05, 0.1) is 28.0 Å². The second-order valence-corrected chi connectivity index (χ2v) is 7.37. The highest BCUT2D eigenvalue weighted by molar-refractivity contribution is 6.32. The maximum absolute atomic E-state index is 12.8. The van der Waals surface area contributed by atoms with Gasteiger partial charge < -0.3 is 9.84 Å². The molecule has 0 bridgehead atoms. The number of aromatic nitrogens is 2. The van der Waals surface area contributed by atoms with E-state index in [0.717, 1.165) is 12.5 Å². The van der Waals surface area contributed by atoms with Crippen LogP contribution in [0, 0.1) is 5.92 Å². The van der Waals surface area contributed by atoms with Crippen LogP contribution < -0.4 is 10.4 Å². The van der Waals surface area contributed by atoms with Gasteiger partial charge in [0.1, 0.15) is 5.75 Å². The Hall–Kier alpha value is -2.58. The number of para-hydroxylation sites is 1. The summed E-state index contributed by atoms with van der Waals surface area (Å²) in [4.78, 5) is 17.0. The number of fused-ring (bicyclic) bond motifs is 1. The van der Waals surface area contributed by atoms with Crippen LogP contribution in [0.15, 0.2) is 47.3 Å². The first-order valence-corrected chi connectivity index (χ1v) is 9.35. The van der Waals surface area contributed by atoms with Crippen LogP contribution in [-0.4, -0.2) is 27.1 Å². The summed E-state index contributed by atoms with van der Waals surface area (Å²) < 4.78 is 43.3. The maximum Gasteiger partial charge on any atom is 0.573 e. The molecule has 1 heterocycles. The molecule has 9 heteroatoms. The van der Waals surface area contributed by atoms with Crippen LogP contribution in [0.1, 0.15) is 18.5 Å². The van der Waals surface area contributed by atoms with Crippen molar-refractivity contribution in [1.29, 1.82) is 0 Å². The molecule has 1 saturated carbocycles. The largest absolute Gasteiger partial charge is 0.573 e. The summed E-state index contributed by atoms with van der Waals surface area (Å²) in [5.74, 6) is -0.488. The average Bonchev–Trinajstić information content (AvgIpc) is 2.64. The van der Waals surface area contributed by atoms with Crippen molar-refractivity contribution in [2.24, 2.45) is 5.92 Å². The van der Waals surface area contributed by atoms with Gasteiger partial charge in [-0.15, -0.1) is 13.2 Å². The Morgan fingerprint density at radius 2 is 1.97 bits per heavy atom. The molecule has 1 N–H and O–H groups in total. The third-order valence-corrected chi connectivity index (χ3v) is 5.42. The van der Waals surface area contributed by atoms with Crippen molar-refractivity contribution in [2.45, 2.75) is 31.7 Å². The predicted octanol–water partition coefficient (Wildman–Crippen LogP) is 4.25. The van der Waals surface area contributed by atoms with E-state index < -0.39 is 23.9 Å². The lowest BCUT2D eigenvalue weighted by Gasteiger charge is -2.32. The number of rotatable bonds is 4. The van der Waals surface area contributed by atoms with E-state index in [0.29, 0.717) is 29.6 Å². The Morgan fingerprint density at radius 3 is 2.59 bits per heavy atom. The molecular weight excluding hydrogens is 409 g/mol. The number of hydrogen-bond donors (Lipinski definition) is 1. The van der Waals surface area contributed by atoms with Crippen molar-refractivity contribution in [3.05, 3.63) is 63.7 Å². The zero-order valence-corrected chi connectivity index (χ0v) is 15.7. The Morgan fingerprint density at radius 1 is 1.21 bits per heavy atom. The molecule has 1 aliphatic carbocycles. The fourth-order valence-electron chi connectivity index (χ4n) is 3.53. The lowest BCUT2D eigenvalue weighted by atomic mass is 9.78. The van der Waals surface area contributed by atoms with E-state index in [1.54, 1.807) is 24.3 Å². The van der Waals surface area contributed by atoms with Crippen molar-refractivity contribution in [1.82, 2.24) is 9.55 Å². The zero-order valence-electron chi connectivity index (χ0n) is 15.0. The van der Waals surface area contributed by atoms with Gasteiger partial charge >= 0.3 is 12.1 Å². The van der Waals surface area contributed by atoms with Gasteiger partial charge in [0.2, 0.25) is 0 Å². The summed E-state index contributed by atoms with van der Waals surface area (Å²) in [6.07, 6.45) is -3.49. The van der Waals surface area contributed by atoms with Crippen LogP contribution >= 0.6 is 11.6 Å². The zero-order chi connectivity index (χ0) is 20.8. The van der Waals surface area contributed by atoms with E-state index in [4.69, 9.17) is 11.6 Å². The minimum absolute atomic E-state index is 0.0348. The van der Waals surface area contributed by atoms with E-state index in [1.807, 2.05) is 0 Å². The van der Waals surface area contributed by atoms with Crippen LogP contribution in [-0.2, 0) is 6.42 Å². The highest BCUT2D eigenvalue weighted by atomic mass is 35.5. The highest BCUT2D eigenvalue weighted by Gasteiger charge is 2.32. The number of benzene rings is 2. The van der Waals surface area contributed by atoms with E-state index in [2.05, 4.69) is 9.72 Å². The summed E-state index contributed by atoms with van der Waals surface area (Å²) in [6, 6.07) is 10.3. The van der Waals surface area contributed by atoms with Crippen molar-refractivity contribution in [3.8, 4) is 11.4 Å². The minimum Gasteiger partial charge on any atom is -0.406 e. The quantitative estimate of drug-likeness (QED) is 0.680. The molecule has 29 heavy (non-hydrogen) atoms. The molecular formula is C20H16ClF3N2O3. The molecule has 0 spiro atoms. The number of nitrogens with zero attached hydrogens (tertiary/aromatic N) is 2. The molecule has 152 valence electrons. The SMILES string of the molecule is O=c1nc(C[C@H]2CC[C@@H]2O)c2ccc(OC(F)(F)F)cc2n1-c1ccccc1Cl. The minimum atomic E-state index is -4.87. The van der Waals surface area contributed by atoms with E-state index in [1.165, 1.54) is 16.7 Å². The van der Waals surface area contributed by atoms with Gasteiger partial charge in [0.15, 0.2) is 0 Å². The van der Waals surface area contributed by atoms with Crippen LogP contribution in [0.3, 0.4) is 0 Å². The Bertz CT molecular complexity index is 1130. The smallest absolute Gasteiger partial charge is 0.406 e. The number of halogens is 4. The van der Waals surface area contributed by atoms with Gasteiger partial charge in [-0.3, -0.25) is 4.57 Å². The first kappa shape index (κ1) is 19.7. The van der Waals surface area contributed by atoms with E-state index >= 15 is 0 Å². The number of aliphatic hydroxyl groups is 1. The molecule has 1 aromatic heterocycles. The van der Waals surface area contributed by atoms with Crippen LogP contribution in [0.2, 0.25) is 5.02 Å². The van der Waals surface area contributed by atoms with Crippen LogP contribution in [0.25, 0.3) is 16.6 Å². The van der Waals surface area contributed by atoms with Crippen molar-refractivity contribution >= 4 is 22.5 Å². The van der Waals surface area contributed by atoms with Gasteiger partial charge in [-0.25, -0.2) is 4.79 Å². The Balaban J connectivity index is 1.93. The van der Waals surface area contributed by atoms with Gasteiger partial charge in [0.25, 0.3) is 0 Å². The lowest BCUT2D eigenvalue weighted by molar-refractivity contribution is -0.274. The fraction of sp³-hybridized carbons (Fsp3) is 0.300. The van der Waals surface area contributed by atoms with Crippen molar-refractivity contribution in [2.75, 3.05) is 0 Å². The monoisotopic (exact) mass is 424 g/mol. The Labute approximate surface area is 168 Å². The Kier molecular flexibility index (Phi) is 5.00. The molecule has 5 nitrogen and oxygen atoms in total. The van der Waals surface area contributed by atoms with Crippen LogP contribution in [0.4, 0.5) is 13.2 Å². The first-order valence-electron chi connectivity index (χ1n) is 8.97. The maximum atomic E-state index is 12.8. The molecule has 3 aromatic rings. The highest BCUT2D eigenvalue weighted by Crippen LogP contribution is 2.34. The summed E-state index contributed by atoms with van der Waals surface area (Å²) in [5.41, 5.74) is 0.258. The standard InChI is InChI=1S/C20H16ClF3N2O3/c21-14-3-1-2-4-16(14)26-17-10-12(29-20(22,23)24)6-7-13(17)15(25-19(26)28)9-11-5-8-18(11)27/h1-4,6-7,10-11,18,27H,5,8-9H2/t11-,18+/m1/s1. The molecule has 0 radical (unpaired) electrons. The third kappa shape index (κ3) is 3.95. The third-order valence-electron chi connectivity index (χ3n) is 5.10. The van der Waals surface area contributed by atoms with Crippen LogP contribution in [0.5, 0.6) is 5.75 Å². The predicted molar refractivity (Wildman–Crippen MR) is 101 cm³/mol. The van der Waals surface area contributed by atoms with Crippen molar-refractivity contribution < 1.29 is 23.0 Å². The number of ether oxygens (including phenoxy) is 1. The molecule has 2 atom stereocenters. The van der Waals surface area contributed by atoms with E-state index in [9.17, 15) is 23.1 Å². The number of aliphatic hydroxyl groups excluding tert-OH is 1. The topological polar surface area (TPSA) is 64.3 Å². The van der Waals surface area contributed by atoms with Gasteiger partial charge in [-0.1, -0.05) is 23.7 Å². The molecule has 0 unspecified atom stereocenters. The van der Waals surface area contributed by atoms with Gasteiger partial charge in [-0.05, 0) is 49.4 Å². The average molecular weight is 425 g/mol. The molecule has 2 aromatic carbocycles. The second kappa shape index (κ2) is 7.35. The molecule has 0 amide bonds. The van der Waals surface area contributed by atoms with Crippen molar-refractivity contribution in [3.63, 3.8) is 0 Å². The summed E-state index contributed by atoms with van der Waals surface area (Å²) in [5, 5.41) is 10.6.